The Labute approximate surface area is 179 Å². The molecule has 2 atom stereocenters. The van der Waals surface area contributed by atoms with Gasteiger partial charge >= 0.3 is 0 Å². The van der Waals surface area contributed by atoms with Crippen molar-refractivity contribution in [1.29, 1.82) is 0 Å². The Morgan fingerprint density at radius 3 is 2.30 bits per heavy atom. The molecule has 2 aromatic rings. The van der Waals surface area contributed by atoms with Gasteiger partial charge in [-0.05, 0) is 31.2 Å². The summed E-state index contributed by atoms with van der Waals surface area (Å²) in [6.07, 6.45) is 0. The van der Waals surface area contributed by atoms with Crippen molar-refractivity contribution in [3.63, 3.8) is 0 Å². The van der Waals surface area contributed by atoms with Crippen molar-refractivity contribution >= 4 is 26.1 Å². The number of aliphatic hydroxyl groups is 1. The molecule has 0 amide bonds. The van der Waals surface area contributed by atoms with Crippen LogP contribution in [0.5, 0.6) is 0 Å². The molecule has 0 saturated carbocycles. The van der Waals surface area contributed by atoms with E-state index in [1.165, 1.54) is 0 Å². The van der Waals surface area contributed by atoms with Crippen molar-refractivity contribution in [2.45, 2.75) is 27.2 Å². The lowest BCUT2D eigenvalue weighted by Crippen LogP contribution is -2.47. The standard InChI is InChI=1S/C21H28N2O5S2/c1-16-21(30(27,28)17-6-3-2-4-7-17)20-18(8-5-9-19(20)29(16,25)26)23-12-10-22(11-13-23)14-15-24/h2-9,16,21,24-26H,10-15H2,1H3. The van der Waals surface area contributed by atoms with Gasteiger partial charge in [-0.25, -0.2) is 8.42 Å². The maximum absolute atomic E-state index is 13.6. The van der Waals surface area contributed by atoms with Crippen LogP contribution in [0.25, 0.3) is 0 Å². The monoisotopic (exact) mass is 452 g/mol. The highest BCUT2D eigenvalue weighted by atomic mass is 32.3. The van der Waals surface area contributed by atoms with Crippen LogP contribution in [0.15, 0.2) is 58.3 Å². The molecule has 2 aliphatic rings. The lowest BCUT2D eigenvalue weighted by Gasteiger charge is -2.37. The number of sulfone groups is 1. The van der Waals surface area contributed by atoms with Crippen molar-refractivity contribution in [2.24, 2.45) is 0 Å². The third-order valence-corrected chi connectivity index (χ3v) is 10.9. The molecule has 1 saturated heterocycles. The molecule has 3 N–H and O–H groups in total. The first-order valence-corrected chi connectivity index (χ1v) is 13.2. The Bertz CT molecular complexity index is 1010. The first-order valence-electron chi connectivity index (χ1n) is 10.1. The Hall–Kier alpha value is -1.62. The summed E-state index contributed by atoms with van der Waals surface area (Å²) in [6.45, 7) is 5.21. The third-order valence-electron chi connectivity index (χ3n) is 6.13. The highest BCUT2D eigenvalue weighted by Gasteiger charge is 2.50. The van der Waals surface area contributed by atoms with E-state index < -0.39 is 30.9 Å². The van der Waals surface area contributed by atoms with Gasteiger partial charge in [0.1, 0.15) is 5.25 Å². The van der Waals surface area contributed by atoms with Gasteiger partial charge in [0.2, 0.25) is 0 Å². The third kappa shape index (κ3) is 3.53. The van der Waals surface area contributed by atoms with E-state index in [0.717, 1.165) is 18.8 Å². The van der Waals surface area contributed by atoms with Crippen LogP contribution < -0.4 is 4.90 Å². The van der Waals surface area contributed by atoms with Crippen LogP contribution in [0.1, 0.15) is 17.7 Å². The van der Waals surface area contributed by atoms with Crippen molar-refractivity contribution in [3.8, 4) is 0 Å². The van der Waals surface area contributed by atoms with Gasteiger partial charge in [-0.3, -0.25) is 14.0 Å². The van der Waals surface area contributed by atoms with E-state index in [4.69, 9.17) is 0 Å². The summed E-state index contributed by atoms with van der Waals surface area (Å²) in [4.78, 5) is 4.81. The molecular formula is C21H28N2O5S2. The van der Waals surface area contributed by atoms with E-state index in [9.17, 15) is 22.6 Å². The highest BCUT2D eigenvalue weighted by Crippen LogP contribution is 2.67. The predicted octanol–water partition coefficient (Wildman–Crippen LogP) is 2.83. The number of hydrogen-bond donors (Lipinski definition) is 3. The van der Waals surface area contributed by atoms with Crippen molar-refractivity contribution in [3.05, 3.63) is 54.1 Å². The Balaban J connectivity index is 1.79. The van der Waals surface area contributed by atoms with Gasteiger partial charge in [0.05, 0.1) is 21.6 Å². The molecule has 7 nitrogen and oxygen atoms in total. The molecule has 9 heteroatoms. The molecule has 2 unspecified atom stereocenters. The molecule has 0 aliphatic carbocycles. The smallest absolute Gasteiger partial charge is 0.187 e. The molecule has 164 valence electrons. The van der Waals surface area contributed by atoms with Gasteiger partial charge in [-0.1, -0.05) is 24.3 Å². The Kier molecular flexibility index (Phi) is 5.86. The highest BCUT2D eigenvalue weighted by molar-refractivity contribution is 8.25. The lowest BCUT2D eigenvalue weighted by atomic mass is 10.1. The van der Waals surface area contributed by atoms with Crippen LogP contribution in [0.2, 0.25) is 0 Å². The molecular weight excluding hydrogens is 424 g/mol. The molecule has 2 heterocycles. The van der Waals surface area contributed by atoms with Crippen LogP contribution in [-0.2, 0) is 9.84 Å². The van der Waals surface area contributed by atoms with E-state index in [1.54, 1.807) is 49.4 Å². The summed E-state index contributed by atoms with van der Waals surface area (Å²) in [5, 5.41) is 7.31. The van der Waals surface area contributed by atoms with E-state index in [0.29, 0.717) is 30.1 Å². The fourth-order valence-corrected chi connectivity index (χ4v) is 9.07. The second-order valence-corrected chi connectivity index (χ2v) is 12.3. The second-order valence-electron chi connectivity index (χ2n) is 7.82. The summed E-state index contributed by atoms with van der Waals surface area (Å²) in [5.41, 5.74) is 1.27. The Morgan fingerprint density at radius 1 is 1.00 bits per heavy atom. The number of fused-ring (bicyclic) bond motifs is 1. The minimum absolute atomic E-state index is 0.108. The molecule has 0 bridgehead atoms. The van der Waals surface area contributed by atoms with Gasteiger partial charge in [0, 0.05) is 44.0 Å². The molecule has 0 aromatic heterocycles. The number of piperazine rings is 1. The molecule has 1 fully saturated rings. The summed E-state index contributed by atoms with van der Waals surface area (Å²) in [6, 6.07) is 13.5. The molecule has 2 aromatic carbocycles. The first kappa shape index (κ1) is 21.6. The maximum atomic E-state index is 13.6. The number of rotatable bonds is 5. The van der Waals surface area contributed by atoms with Gasteiger partial charge in [-0.2, -0.15) is 10.6 Å². The minimum atomic E-state index is -3.82. The zero-order valence-corrected chi connectivity index (χ0v) is 18.5. The van der Waals surface area contributed by atoms with Crippen LogP contribution in [0.3, 0.4) is 0 Å². The minimum Gasteiger partial charge on any atom is -0.395 e. The summed E-state index contributed by atoms with van der Waals surface area (Å²) in [5.74, 6) is 0. The number of aliphatic hydroxyl groups excluding tert-OH is 1. The lowest BCUT2D eigenvalue weighted by molar-refractivity contribution is 0.188. The molecule has 0 spiro atoms. The van der Waals surface area contributed by atoms with Crippen molar-refractivity contribution in [2.75, 3.05) is 44.2 Å². The predicted molar refractivity (Wildman–Crippen MR) is 119 cm³/mol. The van der Waals surface area contributed by atoms with E-state index in [-0.39, 0.29) is 11.5 Å². The fraction of sp³-hybridized carbons (Fsp3) is 0.429. The first-order chi connectivity index (χ1) is 14.3. The maximum Gasteiger partial charge on any atom is 0.187 e. The molecule has 2 aliphatic heterocycles. The summed E-state index contributed by atoms with van der Waals surface area (Å²) < 4.78 is 49.1. The quantitative estimate of drug-likeness (QED) is 0.641. The van der Waals surface area contributed by atoms with Crippen LogP contribution >= 0.6 is 10.6 Å². The zero-order valence-electron chi connectivity index (χ0n) is 16.9. The number of nitrogens with zero attached hydrogens (tertiary/aromatic N) is 2. The largest absolute Gasteiger partial charge is 0.395 e. The SMILES string of the molecule is CC1C(S(=O)(=O)c2ccccc2)c2c(N3CCN(CCO)CC3)cccc2S1(O)O. The zero-order chi connectivity index (χ0) is 21.5. The average molecular weight is 453 g/mol. The normalized spacial score (nSPS) is 25.1. The summed E-state index contributed by atoms with van der Waals surface area (Å²) in [7, 11) is -7.08. The van der Waals surface area contributed by atoms with E-state index in [2.05, 4.69) is 9.80 Å². The number of benzene rings is 2. The van der Waals surface area contributed by atoms with Crippen LogP contribution in [-0.4, -0.2) is 72.1 Å². The summed E-state index contributed by atoms with van der Waals surface area (Å²) >= 11 is 0. The van der Waals surface area contributed by atoms with Crippen molar-refractivity contribution < 1.29 is 22.6 Å². The van der Waals surface area contributed by atoms with E-state index >= 15 is 0 Å². The molecule has 0 radical (unpaired) electrons. The topological polar surface area (TPSA) is 101 Å². The van der Waals surface area contributed by atoms with Crippen LogP contribution in [0.4, 0.5) is 5.69 Å². The van der Waals surface area contributed by atoms with Gasteiger partial charge in [-0.15, -0.1) is 0 Å². The Morgan fingerprint density at radius 2 is 1.67 bits per heavy atom. The molecule has 4 rings (SSSR count). The number of β-amino-alcohol motifs (C(OH)–C–C–N with tert-alkyl or cyclic N) is 1. The van der Waals surface area contributed by atoms with Crippen molar-refractivity contribution in [1.82, 2.24) is 4.90 Å². The van der Waals surface area contributed by atoms with E-state index in [1.807, 2.05) is 6.07 Å². The average Bonchev–Trinajstić information content (AvgIpc) is 2.96. The van der Waals surface area contributed by atoms with Gasteiger partial charge in [0.15, 0.2) is 9.84 Å². The number of hydrogen-bond acceptors (Lipinski definition) is 7. The second kappa shape index (κ2) is 8.14. The molecule has 30 heavy (non-hydrogen) atoms. The van der Waals surface area contributed by atoms with Gasteiger partial charge < -0.3 is 10.0 Å². The number of anilines is 1. The fourth-order valence-electron chi connectivity index (χ4n) is 4.48. The van der Waals surface area contributed by atoms with Crippen LogP contribution in [0, 0.1) is 0 Å². The van der Waals surface area contributed by atoms with Gasteiger partial charge in [0.25, 0.3) is 0 Å².